The number of rotatable bonds is 6. The predicted octanol–water partition coefficient (Wildman–Crippen LogP) is 1.27. The molecule has 27 heavy (non-hydrogen) atoms. The molecule has 0 saturated heterocycles. The number of aromatic nitrogens is 3. The SMILES string of the molecule is CCCCn1c(N)c(N(C)C(=O)Cc2noc3ccccc23)c(=O)[nH]c1=O. The number of likely N-dealkylation sites (N-methyl/N-ethyl adjacent to an activating group) is 1. The van der Waals surface area contributed by atoms with Crippen LogP contribution in [0.25, 0.3) is 11.0 Å². The van der Waals surface area contributed by atoms with Crippen LogP contribution in [0.2, 0.25) is 0 Å². The Kier molecular flexibility index (Phi) is 5.11. The molecule has 2 heterocycles. The normalized spacial score (nSPS) is 11.0. The highest BCUT2D eigenvalue weighted by Gasteiger charge is 2.22. The molecule has 3 aromatic rings. The van der Waals surface area contributed by atoms with E-state index in [0.717, 1.165) is 23.1 Å². The molecule has 1 aromatic carbocycles. The lowest BCUT2D eigenvalue weighted by atomic mass is 10.1. The second-order valence-corrected chi connectivity index (χ2v) is 6.25. The van der Waals surface area contributed by atoms with E-state index in [1.165, 1.54) is 11.6 Å². The molecular weight excluding hydrogens is 350 g/mol. The molecule has 2 aromatic heterocycles. The quantitative estimate of drug-likeness (QED) is 0.672. The summed E-state index contributed by atoms with van der Waals surface area (Å²) in [6.07, 6.45) is 1.51. The van der Waals surface area contributed by atoms with Crippen LogP contribution in [0.1, 0.15) is 25.5 Å². The van der Waals surface area contributed by atoms with Crippen molar-refractivity contribution < 1.29 is 9.32 Å². The average molecular weight is 371 g/mol. The number of benzene rings is 1. The zero-order chi connectivity index (χ0) is 19.6. The zero-order valence-electron chi connectivity index (χ0n) is 15.2. The fraction of sp³-hybridized carbons (Fsp3) is 0.333. The first kappa shape index (κ1) is 18.4. The molecule has 1 amide bonds. The van der Waals surface area contributed by atoms with Crippen molar-refractivity contribution in [2.45, 2.75) is 32.7 Å². The van der Waals surface area contributed by atoms with Gasteiger partial charge in [0.25, 0.3) is 5.56 Å². The number of nitrogen functional groups attached to an aromatic ring is 1. The number of hydrogen-bond donors (Lipinski definition) is 2. The van der Waals surface area contributed by atoms with Crippen molar-refractivity contribution >= 4 is 28.4 Å². The van der Waals surface area contributed by atoms with Crippen LogP contribution in [0.5, 0.6) is 0 Å². The second kappa shape index (κ2) is 7.48. The lowest BCUT2D eigenvalue weighted by Crippen LogP contribution is -2.39. The molecule has 142 valence electrons. The molecule has 0 saturated carbocycles. The van der Waals surface area contributed by atoms with Gasteiger partial charge in [-0.3, -0.25) is 19.1 Å². The first-order valence-electron chi connectivity index (χ1n) is 8.66. The summed E-state index contributed by atoms with van der Waals surface area (Å²) in [5, 5.41) is 4.66. The number of nitrogens with one attached hydrogen (secondary N) is 1. The summed E-state index contributed by atoms with van der Waals surface area (Å²) >= 11 is 0. The maximum atomic E-state index is 12.7. The van der Waals surface area contributed by atoms with Gasteiger partial charge in [0.2, 0.25) is 5.91 Å². The van der Waals surface area contributed by atoms with Gasteiger partial charge in [-0.1, -0.05) is 30.6 Å². The fourth-order valence-electron chi connectivity index (χ4n) is 2.89. The van der Waals surface area contributed by atoms with Gasteiger partial charge in [0.1, 0.15) is 11.5 Å². The Labute approximate surface area is 154 Å². The van der Waals surface area contributed by atoms with Gasteiger partial charge in [-0.15, -0.1) is 0 Å². The molecule has 0 aliphatic rings. The Morgan fingerprint density at radius 1 is 1.33 bits per heavy atom. The maximum Gasteiger partial charge on any atom is 0.330 e. The molecule has 0 bridgehead atoms. The summed E-state index contributed by atoms with van der Waals surface area (Å²) in [5.41, 5.74) is 5.75. The number of fused-ring (bicyclic) bond motifs is 1. The minimum Gasteiger partial charge on any atom is -0.383 e. The number of nitrogens with two attached hydrogens (primary N) is 1. The third kappa shape index (κ3) is 3.48. The summed E-state index contributed by atoms with van der Waals surface area (Å²) in [6.45, 7) is 2.34. The van der Waals surface area contributed by atoms with Gasteiger partial charge >= 0.3 is 5.69 Å². The third-order valence-electron chi connectivity index (χ3n) is 4.43. The molecule has 0 aliphatic carbocycles. The average Bonchev–Trinajstić information content (AvgIpc) is 3.04. The van der Waals surface area contributed by atoms with Crippen molar-refractivity contribution in [3.63, 3.8) is 0 Å². The first-order chi connectivity index (χ1) is 12.9. The van der Waals surface area contributed by atoms with Crippen LogP contribution in [0.15, 0.2) is 38.4 Å². The molecule has 3 rings (SSSR count). The molecule has 0 fully saturated rings. The molecule has 9 nitrogen and oxygen atoms in total. The molecule has 3 N–H and O–H groups in total. The number of aromatic amines is 1. The smallest absolute Gasteiger partial charge is 0.330 e. The molecule has 9 heteroatoms. The van der Waals surface area contributed by atoms with Gasteiger partial charge in [-0.05, 0) is 18.6 Å². The van der Waals surface area contributed by atoms with Gasteiger partial charge in [-0.25, -0.2) is 4.79 Å². The summed E-state index contributed by atoms with van der Waals surface area (Å²) in [7, 11) is 1.44. The Morgan fingerprint density at radius 3 is 2.81 bits per heavy atom. The van der Waals surface area contributed by atoms with Crippen LogP contribution < -0.4 is 21.9 Å². The summed E-state index contributed by atoms with van der Waals surface area (Å²) in [6, 6.07) is 7.20. The Hall–Kier alpha value is -3.36. The van der Waals surface area contributed by atoms with E-state index in [1.807, 2.05) is 19.1 Å². The van der Waals surface area contributed by atoms with Crippen molar-refractivity contribution in [1.29, 1.82) is 0 Å². The van der Waals surface area contributed by atoms with Crippen molar-refractivity contribution in [2.75, 3.05) is 17.7 Å². The molecule has 0 atom stereocenters. The van der Waals surface area contributed by atoms with E-state index in [1.54, 1.807) is 12.1 Å². The zero-order valence-corrected chi connectivity index (χ0v) is 15.2. The van der Waals surface area contributed by atoms with Crippen LogP contribution in [0.4, 0.5) is 11.5 Å². The van der Waals surface area contributed by atoms with E-state index in [-0.39, 0.29) is 17.9 Å². The number of para-hydroxylation sites is 1. The number of anilines is 2. The van der Waals surface area contributed by atoms with Crippen LogP contribution in [0.3, 0.4) is 0 Å². The van der Waals surface area contributed by atoms with Crippen LogP contribution in [-0.2, 0) is 17.8 Å². The van der Waals surface area contributed by atoms with E-state index in [2.05, 4.69) is 10.1 Å². The first-order valence-corrected chi connectivity index (χ1v) is 8.66. The summed E-state index contributed by atoms with van der Waals surface area (Å²) < 4.78 is 6.48. The van der Waals surface area contributed by atoms with Crippen molar-refractivity contribution in [2.24, 2.45) is 0 Å². The van der Waals surface area contributed by atoms with Crippen molar-refractivity contribution in [1.82, 2.24) is 14.7 Å². The highest BCUT2D eigenvalue weighted by molar-refractivity contribution is 5.97. The number of amides is 1. The lowest BCUT2D eigenvalue weighted by Gasteiger charge is -2.20. The molecule has 0 unspecified atom stereocenters. The van der Waals surface area contributed by atoms with Gasteiger partial charge in [0, 0.05) is 19.0 Å². The van der Waals surface area contributed by atoms with Gasteiger partial charge in [0.15, 0.2) is 11.3 Å². The van der Waals surface area contributed by atoms with Crippen molar-refractivity contribution in [3.8, 4) is 0 Å². The standard InChI is InChI=1S/C18H21N5O4/c1-3-4-9-23-16(19)15(17(25)20-18(23)26)22(2)14(24)10-12-11-7-5-6-8-13(11)27-21-12/h5-8H,3-4,9-10,19H2,1-2H3,(H,20,25,26). The van der Waals surface area contributed by atoms with Gasteiger partial charge in [0.05, 0.1) is 6.42 Å². The van der Waals surface area contributed by atoms with Crippen LogP contribution in [-0.4, -0.2) is 27.7 Å². The van der Waals surface area contributed by atoms with E-state index < -0.39 is 17.2 Å². The number of nitrogens with zero attached hydrogens (tertiary/aromatic N) is 3. The van der Waals surface area contributed by atoms with Crippen molar-refractivity contribution in [3.05, 3.63) is 50.8 Å². The number of hydrogen-bond acceptors (Lipinski definition) is 6. The fourth-order valence-corrected chi connectivity index (χ4v) is 2.89. The Balaban J connectivity index is 1.93. The number of carbonyl (C=O) groups excluding carboxylic acids is 1. The van der Waals surface area contributed by atoms with Crippen LogP contribution in [0, 0.1) is 0 Å². The summed E-state index contributed by atoms with van der Waals surface area (Å²) in [4.78, 5) is 40.4. The molecule has 0 spiro atoms. The largest absolute Gasteiger partial charge is 0.383 e. The molecular formula is C18H21N5O4. The van der Waals surface area contributed by atoms with Gasteiger partial charge < -0.3 is 15.2 Å². The third-order valence-corrected chi connectivity index (χ3v) is 4.43. The number of H-pyrrole nitrogens is 1. The Morgan fingerprint density at radius 2 is 2.07 bits per heavy atom. The van der Waals surface area contributed by atoms with E-state index in [4.69, 9.17) is 10.3 Å². The Bertz CT molecular complexity index is 1100. The second-order valence-electron chi connectivity index (χ2n) is 6.25. The lowest BCUT2D eigenvalue weighted by molar-refractivity contribution is -0.117. The highest BCUT2D eigenvalue weighted by Crippen LogP contribution is 2.21. The number of carbonyl (C=O) groups is 1. The molecule has 0 aliphatic heterocycles. The minimum absolute atomic E-state index is 0.0296. The highest BCUT2D eigenvalue weighted by atomic mass is 16.5. The number of unbranched alkanes of at least 4 members (excludes halogenated alkanes) is 1. The predicted molar refractivity (Wildman–Crippen MR) is 102 cm³/mol. The van der Waals surface area contributed by atoms with E-state index in [0.29, 0.717) is 17.8 Å². The molecule has 0 radical (unpaired) electrons. The summed E-state index contributed by atoms with van der Waals surface area (Å²) in [5.74, 6) is -0.426. The monoisotopic (exact) mass is 371 g/mol. The van der Waals surface area contributed by atoms with E-state index >= 15 is 0 Å². The van der Waals surface area contributed by atoms with E-state index in [9.17, 15) is 14.4 Å². The van der Waals surface area contributed by atoms with Crippen LogP contribution >= 0.6 is 0 Å². The van der Waals surface area contributed by atoms with Gasteiger partial charge in [-0.2, -0.15) is 0 Å². The topological polar surface area (TPSA) is 127 Å². The maximum absolute atomic E-state index is 12.7. The minimum atomic E-state index is -0.703.